The van der Waals surface area contributed by atoms with Crippen LogP contribution in [0, 0.1) is 0 Å². The molecule has 24 heavy (non-hydrogen) atoms. The highest BCUT2D eigenvalue weighted by molar-refractivity contribution is 7.99. The second-order valence-electron chi connectivity index (χ2n) is 6.31. The van der Waals surface area contributed by atoms with Gasteiger partial charge in [-0.15, -0.1) is 0 Å². The van der Waals surface area contributed by atoms with Gasteiger partial charge in [0.2, 0.25) is 0 Å². The molecule has 0 radical (unpaired) electrons. The van der Waals surface area contributed by atoms with Gasteiger partial charge in [-0.3, -0.25) is 8.37 Å². The quantitative estimate of drug-likeness (QED) is 0.763. The lowest BCUT2D eigenvalue weighted by molar-refractivity contribution is 0.0917. The van der Waals surface area contributed by atoms with Gasteiger partial charge in [-0.1, -0.05) is 36.0 Å². The van der Waals surface area contributed by atoms with Gasteiger partial charge in [-0.25, -0.2) is 0 Å². The molecule has 2 heterocycles. The summed E-state index contributed by atoms with van der Waals surface area (Å²) in [5.74, 6) is 0. The third kappa shape index (κ3) is 2.32. The van der Waals surface area contributed by atoms with Crippen LogP contribution in [0.5, 0.6) is 0 Å². The molecule has 0 N–H and O–H groups in total. The first-order chi connectivity index (χ1) is 11.8. The summed E-state index contributed by atoms with van der Waals surface area (Å²) in [4.78, 5) is 4.88. The summed E-state index contributed by atoms with van der Waals surface area (Å²) in [5.41, 5.74) is 2.40. The Bertz CT molecular complexity index is 767. The molecule has 2 fully saturated rings. The zero-order valence-corrected chi connectivity index (χ0v) is 14.6. The van der Waals surface area contributed by atoms with Crippen molar-refractivity contribution in [3.8, 4) is 0 Å². The molecule has 2 aromatic carbocycles. The Morgan fingerprint density at radius 1 is 0.958 bits per heavy atom. The van der Waals surface area contributed by atoms with Crippen LogP contribution in [0.25, 0.3) is 0 Å². The van der Waals surface area contributed by atoms with Gasteiger partial charge >= 0.3 is 11.4 Å². The molecule has 1 saturated carbocycles. The van der Waals surface area contributed by atoms with E-state index in [0.717, 1.165) is 19.3 Å². The zero-order valence-electron chi connectivity index (χ0n) is 13.0. The van der Waals surface area contributed by atoms with Crippen LogP contribution in [0.2, 0.25) is 0 Å². The molecule has 0 spiro atoms. The molecule has 1 aliphatic carbocycles. The first kappa shape index (κ1) is 15.0. The van der Waals surface area contributed by atoms with Gasteiger partial charge < -0.3 is 4.90 Å². The van der Waals surface area contributed by atoms with Crippen LogP contribution in [0.1, 0.15) is 19.3 Å². The van der Waals surface area contributed by atoms with Gasteiger partial charge in [-0.05, 0) is 43.5 Å². The fourth-order valence-electron chi connectivity index (χ4n) is 3.91. The number of hydrogen-bond donors (Lipinski definition) is 0. The van der Waals surface area contributed by atoms with Gasteiger partial charge in [0, 0.05) is 9.79 Å². The molecule has 0 aromatic heterocycles. The Kier molecular flexibility index (Phi) is 3.66. The largest absolute Gasteiger partial charge is 0.334 e. The molecule has 1 saturated heterocycles. The van der Waals surface area contributed by atoms with E-state index < -0.39 is 11.4 Å². The highest BCUT2D eigenvalue weighted by Gasteiger charge is 2.47. The molecule has 0 bridgehead atoms. The average Bonchev–Trinajstić information content (AvgIpc) is 3.00. The van der Waals surface area contributed by atoms with Crippen LogP contribution >= 0.6 is 11.8 Å². The fourth-order valence-corrected chi connectivity index (χ4v) is 5.87. The SMILES string of the molecule is O=S1OC2C(N3c4ccccc4Sc4ccccc43)CCC[C@@H]2O1. The monoisotopic (exact) mass is 359 g/mol. The maximum absolute atomic E-state index is 11.8. The van der Waals surface area contributed by atoms with Crippen LogP contribution in [-0.4, -0.2) is 22.5 Å². The second-order valence-corrected chi connectivity index (χ2v) is 8.18. The minimum absolute atomic E-state index is 0.0708. The molecular weight excluding hydrogens is 342 g/mol. The molecule has 4 nitrogen and oxygen atoms in total. The number of anilines is 2. The highest BCUT2D eigenvalue weighted by Crippen LogP contribution is 2.51. The summed E-state index contributed by atoms with van der Waals surface area (Å²) in [6.45, 7) is 0. The van der Waals surface area contributed by atoms with Crippen molar-refractivity contribution in [3.05, 3.63) is 48.5 Å². The molecule has 2 aliphatic heterocycles. The number of rotatable bonds is 1. The minimum Gasteiger partial charge on any atom is -0.334 e. The van der Waals surface area contributed by atoms with Crippen molar-refractivity contribution in [2.24, 2.45) is 0 Å². The summed E-state index contributed by atoms with van der Waals surface area (Å²) in [5, 5.41) is 0. The van der Waals surface area contributed by atoms with E-state index in [1.807, 2.05) is 0 Å². The van der Waals surface area contributed by atoms with E-state index in [2.05, 4.69) is 53.4 Å². The van der Waals surface area contributed by atoms with E-state index in [-0.39, 0.29) is 18.2 Å². The van der Waals surface area contributed by atoms with Crippen molar-refractivity contribution in [1.82, 2.24) is 0 Å². The molecule has 3 unspecified atom stereocenters. The predicted molar refractivity (Wildman–Crippen MR) is 94.7 cm³/mol. The standard InChI is InChI=1S/C18H17NO3S2/c20-24-21-15-9-5-8-14(18(15)22-24)19-12-6-1-3-10-16(12)23-17-11-4-2-7-13(17)19/h1-4,6-7,10-11,14-15,18H,5,8-9H2/t14?,15-,18?,24?/m0/s1. The molecule has 0 amide bonds. The summed E-state index contributed by atoms with van der Waals surface area (Å²) < 4.78 is 22.9. The number of fused-ring (bicyclic) bond motifs is 3. The zero-order chi connectivity index (χ0) is 16.1. The lowest BCUT2D eigenvalue weighted by Crippen LogP contribution is -2.49. The molecule has 4 atom stereocenters. The lowest BCUT2D eigenvalue weighted by Gasteiger charge is -2.43. The minimum atomic E-state index is -1.62. The van der Waals surface area contributed by atoms with Crippen molar-refractivity contribution in [2.75, 3.05) is 4.90 Å². The summed E-state index contributed by atoms with van der Waals surface area (Å²) in [6.07, 6.45) is 2.76. The number of hydrogen-bond acceptors (Lipinski definition) is 5. The first-order valence-electron chi connectivity index (χ1n) is 8.22. The number of para-hydroxylation sites is 2. The van der Waals surface area contributed by atoms with Crippen molar-refractivity contribution in [1.29, 1.82) is 0 Å². The fraction of sp³-hybridized carbons (Fsp3) is 0.333. The van der Waals surface area contributed by atoms with Crippen LogP contribution in [0.4, 0.5) is 11.4 Å². The predicted octanol–water partition coefficient (Wildman–Crippen LogP) is 4.20. The van der Waals surface area contributed by atoms with Crippen LogP contribution in [0.15, 0.2) is 58.3 Å². The Hall–Kier alpha value is -1.34. The van der Waals surface area contributed by atoms with E-state index in [9.17, 15) is 4.21 Å². The summed E-state index contributed by atoms with van der Waals surface area (Å²) in [7, 11) is 0. The van der Waals surface area contributed by atoms with Crippen molar-refractivity contribution < 1.29 is 12.6 Å². The molecule has 3 aliphatic rings. The molecule has 6 heteroatoms. The summed E-state index contributed by atoms with van der Waals surface area (Å²) >= 11 is 0.187. The third-order valence-corrected chi connectivity index (χ3v) is 6.84. The molecular formula is C18H17NO3S2. The Balaban J connectivity index is 1.63. The molecule has 2 aromatic rings. The van der Waals surface area contributed by atoms with E-state index in [1.54, 1.807) is 11.8 Å². The van der Waals surface area contributed by atoms with Gasteiger partial charge in [0.1, 0.15) is 12.2 Å². The Labute approximate surface area is 148 Å². The topological polar surface area (TPSA) is 38.8 Å². The van der Waals surface area contributed by atoms with Gasteiger partial charge in [-0.2, -0.15) is 4.21 Å². The van der Waals surface area contributed by atoms with Crippen molar-refractivity contribution in [2.45, 2.75) is 47.3 Å². The molecule has 5 rings (SSSR count). The van der Waals surface area contributed by atoms with Gasteiger partial charge in [0.05, 0.1) is 17.4 Å². The van der Waals surface area contributed by atoms with Crippen LogP contribution in [-0.2, 0) is 19.7 Å². The van der Waals surface area contributed by atoms with Gasteiger partial charge in [0.15, 0.2) is 0 Å². The van der Waals surface area contributed by atoms with Crippen LogP contribution < -0.4 is 4.90 Å². The lowest BCUT2D eigenvalue weighted by atomic mass is 9.88. The Morgan fingerprint density at radius 2 is 1.62 bits per heavy atom. The van der Waals surface area contributed by atoms with E-state index in [4.69, 9.17) is 8.37 Å². The van der Waals surface area contributed by atoms with Crippen LogP contribution in [0.3, 0.4) is 0 Å². The number of benzene rings is 2. The van der Waals surface area contributed by atoms with E-state index in [0.29, 0.717) is 0 Å². The average molecular weight is 359 g/mol. The van der Waals surface area contributed by atoms with Crippen molar-refractivity contribution >= 4 is 34.5 Å². The number of nitrogens with zero attached hydrogens (tertiary/aromatic N) is 1. The van der Waals surface area contributed by atoms with E-state index in [1.165, 1.54) is 21.2 Å². The molecule has 124 valence electrons. The normalized spacial score (nSPS) is 31.2. The first-order valence-corrected chi connectivity index (χ1v) is 10.0. The second kappa shape index (κ2) is 5.88. The maximum atomic E-state index is 11.8. The smallest absolute Gasteiger partial charge is 0.305 e. The van der Waals surface area contributed by atoms with E-state index >= 15 is 0 Å². The summed E-state index contributed by atoms with van der Waals surface area (Å²) in [6, 6.07) is 17.1. The Morgan fingerprint density at radius 3 is 2.33 bits per heavy atom. The highest BCUT2D eigenvalue weighted by atomic mass is 32.2. The maximum Gasteiger partial charge on any atom is 0.305 e. The van der Waals surface area contributed by atoms with Gasteiger partial charge in [0.25, 0.3) is 0 Å². The third-order valence-electron chi connectivity index (χ3n) is 4.93. The van der Waals surface area contributed by atoms with Crippen molar-refractivity contribution in [3.63, 3.8) is 0 Å².